The molecule has 0 amide bonds. The van der Waals surface area contributed by atoms with Crippen molar-refractivity contribution >= 4 is 11.5 Å². The first-order chi connectivity index (χ1) is 9.09. The number of aromatic nitrogens is 4. The Morgan fingerprint density at radius 3 is 2.84 bits per heavy atom. The van der Waals surface area contributed by atoms with Crippen LogP contribution >= 0.6 is 0 Å². The van der Waals surface area contributed by atoms with Crippen LogP contribution in [0.3, 0.4) is 0 Å². The van der Waals surface area contributed by atoms with Crippen molar-refractivity contribution in [3.05, 3.63) is 18.0 Å². The smallest absolute Gasteiger partial charge is 0.178 e. The first-order valence-electron chi connectivity index (χ1n) is 7.05. The summed E-state index contributed by atoms with van der Waals surface area (Å²) in [5.41, 5.74) is 1.20. The fraction of sp³-hybridized carbons (Fsp3) is 0.643. The van der Waals surface area contributed by atoms with Crippen molar-refractivity contribution in [3.8, 4) is 0 Å². The summed E-state index contributed by atoms with van der Waals surface area (Å²) in [4.78, 5) is 2.38. The van der Waals surface area contributed by atoms with E-state index in [1.807, 2.05) is 10.6 Å². The van der Waals surface area contributed by atoms with Crippen molar-refractivity contribution in [2.45, 2.75) is 40.0 Å². The molecule has 0 aromatic carbocycles. The second-order valence-corrected chi connectivity index (χ2v) is 6.12. The zero-order valence-corrected chi connectivity index (χ0v) is 11.9. The van der Waals surface area contributed by atoms with Gasteiger partial charge in [0, 0.05) is 19.5 Å². The molecule has 0 unspecified atom stereocenters. The van der Waals surface area contributed by atoms with Crippen LogP contribution in [-0.4, -0.2) is 32.9 Å². The lowest BCUT2D eigenvalue weighted by Crippen LogP contribution is -2.40. The zero-order valence-electron chi connectivity index (χ0n) is 11.9. The van der Waals surface area contributed by atoms with Crippen LogP contribution in [0.4, 0.5) is 5.82 Å². The van der Waals surface area contributed by atoms with E-state index in [1.54, 1.807) is 0 Å². The topological polar surface area (TPSA) is 46.3 Å². The van der Waals surface area contributed by atoms with Gasteiger partial charge in [-0.2, -0.15) is 4.52 Å². The largest absolute Gasteiger partial charge is 0.355 e. The molecule has 0 atom stereocenters. The molecule has 3 heterocycles. The summed E-state index contributed by atoms with van der Waals surface area (Å²) in [7, 11) is 0. The van der Waals surface area contributed by atoms with Gasteiger partial charge in [0.25, 0.3) is 0 Å². The van der Waals surface area contributed by atoms with E-state index in [2.05, 4.69) is 41.9 Å². The Kier molecular flexibility index (Phi) is 2.92. The lowest BCUT2D eigenvalue weighted by atomic mass is 9.84. The molecule has 0 spiro atoms. The molecule has 5 heteroatoms. The van der Waals surface area contributed by atoms with Gasteiger partial charge in [-0.1, -0.05) is 20.8 Å². The Morgan fingerprint density at radius 1 is 1.26 bits per heavy atom. The van der Waals surface area contributed by atoms with E-state index in [-0.39, 0.29) is 0 Å². The van der Waals surface area contributed by atoms with Crippen LogP contribution in [0.2, 0.25) is 0 Å². The van der Waals surface area contributed by atoms with Gasteiger partial charge in [-0.15, -0.1) is 15.3 Å². The summed E-state index contributed by atoms with van der Waals surface area (Å²) in [5, 5.41) is 13.0. The number of anilines is 1. The molecule has 3 rings (SSSR count). The molecule has 1 aliphatic heterocycles. The number of aryl methyl sites for hydroxylation is 1. The van der Waals surface area contributed by atoms with Crippen molar-refractivity contribution in [1.29, 1.82) is 0 Å². The van der Waals surface area contributed by atoms with Crippen LogP contribution in [0.1, 0.15) is 39.4 Å². The van der Waals surface area contributed by atoms with Gasteiger partial charge in [-0.05, 0) is 30.4 Å². The number of hydrogen-bond acceptors (Lipinski definition) is 4. The summed E-state index contributed by atoms with van der Waals surface area (Å²) >= 11 is 0. The average molecular weight is 259 g/mol. The molecule has 0 N–H and O–H groups in total. The van der Waals surface area contributed by atoms with Crippen molar-refractivity contribution in [1.82, 2.24) is 19.8 Å². The molecule has 0 saturated carbocycles. The minimum atomic E-state index is 0.371. The molecule has 2 aromatic rings. The minimum absolute atomic E-state index is 0.371. The highest BCUT2D eigenvalue weighted by atomic mass is 15.4. The quantitative estimate of drug-likeness (QED) is 0.830. The first-order valence-corrected chi connectivity index (χ1v) is 7.05. The SMILES string of the molecule is CCc1nnc2ccc(N3CCCC(C)(C)C3)nn12. The van der Waals surface area contributed by atoms with Crippen molar-refractivity contribution in [2.24, 2.45) is 5.41 Å². The van der Waals surface area contributed by atoms with E-state index in [0.717, 1.165) is 36.8 Å². The molecule has 1 fully saturated rings. The Labute approximate surface area is 113 Å². The number of nitrogens with zero attached hydrogens (tertiary/aromatic N) is 5. The number of piperidine rings is 1. The predicted molar refractivity (Wildman–Crippen MR) is 75.4 cm³/mol. The molecule has 2 aromatic heterocycles. The van der Waals surface area contributed by atoms with E-state index in [1.165, 1.54) is 12.8 Å². The summed E-state index contributed by atoms with van der Waals surface area (Å²) in [6.45, 7) is 8.89. The maximum Gasteiger partial charge on any atom is 0.178 e. The predicted octanol–water partition coefficient (Wildman–Crippen LogP) is 2.31. The number of fused-ring (bicyclic) bond motifs is 1. The highest BCUT2D eigenvalue weighted by molar-refractivity contribution is 5.46. The summed E-state index contributed by atoms with van der Waals surface area (Å²) in [5.74, 6) is 1.96. The molecule has 0 radical (unpaired) electrons. The van der Waals surface area contributed by atoms with Gasteiger partial charge in [-0.25, -0.2) is 0 Å². The standard InChI is InChI=1S/C14H21N5/c1-4-11-15-16-12-6-7-13(17-19(11)12)18-9-5-8-14(2,3)10-18/h6-7H,4-5,8-10H2,1-3H3. The van der Waals surface area contributed by atoms with Gasteiger partial charge in [-0.3, -0.25) is 0 Å². The third-order valence-corrected chi connectivity index (χ3v) is 3.85. The maximum absolute atomic E-state index is 4.71. The van der Waals surface area contributed by atoms with Gasteiger partial charge in [0.1, 0.15) is 5.82 Å². The van der Waals surface area contributed by atoms with E-state index in [4.69, 9.17) is 5.10 Å². The molecule has 102 valence electrons. The number of rotatable bonds is 2. The second-order valence-electron chi connectivity index (χ2n) is 6.12. The van der Waals surface area contributed by atoms with Crippen LogP contribution in [-0.2, 0) is 6.42 Å². The Balaban J connectivity index is 1.96. The van der Waals surface area contributed by atoms with E-state index in [9.17, 15) is 0 Å². The Morgan fingerprint density at radius 2 is 2.11 bits per heavy atom. The van der Waals surface area contributed by atoms with Crippen LogP contribution in [0.15, 0.2) is 12.1 Å². The van der Waals surface area contributed by atoms with Gasteiger partial charge in [0.2, 0.25) is 0 Å². The summed E-state index contributed by atoms with van der Waals surface area (Å²) < 4.78 is 1.87. The Hall–Kier alpha value is -1.65. The molecule has 1 saturated heterocycles. The average Bonchev–Trinajstić information content (AvgIpc) is 2.79. The molecule has 19 heavy (non-hydrogen) atoms. The number of hydrogen-bond donors (Lipinski definition) is 0. The van der Waals surface area contributed by atoms with Crippen molar-refractivity contribution < 1.29 is 0 Å². The fourth-order valence-electron chi connectivity index (χ4n) is 2.83. The summed E-state index contributed by atoms with van der Waals surface area (Å²) in [6.07, 6.45) is 3.37. The van der Waals surface area contributed by atoms with Gasteiger partial charge >= 0.3 is 0 Å². The van der Waals surface area contributed by atoms with Crippen molar-refractivity contribution in [3.63, 3.8) is 0 Å². The minimum Gasteiger partial charge on any atom is -0.355 e. The highest BCUT2D eigenvalue weighted by Crippen LogP contribution is 2.30. The Bertz CT molecular complexity index is 587. The van der Waals surface area contributed by atoms with E-state index >= 15 is 0 Å². The molecule has 0 aliphatic carbocycles. The van der Waals surface area contributed by atoms with Crippen LogP contribution in [0.5, 0.6) is 0 Å². The molecule has 0 bridgehead atoms. The third kappa shape index (κ3) is 2.29. The monoisotopic (exact) mass is 259 g/mol. The molecular formula is C14H21N5. The molecule has 5 nitrogen and oxygen atoms in total. The third-order valence-electron chi connectivity index (χ3n) is 3.85. The fourth-order valence-corrected chi connectivity index (χ4v) is 2.83. The van der Waals surface area contributed by atoms with Gasteiger partial charge in [0.15, 0.2) is 11.5 Å². The van der Waals surface area contributed by atoms with Crippen LogP contribution in [0.25, 0.3) is 5.65 Å². The molecular weight excluding hydrogens is 238 g/mol. The molecule has 1 aliphatic rings. The zero-order chi connectivity index (χ0) is 13.5. The van der Waals surface area contributed by atoms with E-state index < -0.39 is 0 Å². The lowest BCUT2D eigenvalue weighted by Gasteiger charge is -2.38. The maximum atomic E-state index is 4.71. The van der Waals surface area contributed by atoms with Gasteiger partial charge < -0.3 is 4.90 Å². The summed E-state index contributed by atoms with van der Waals surface area (Å²) in [6, 6.07) is 4.07. The second kappa shape index (κ2) is 4.47. The van der Waals surface area contributed by atoms with Crippen LogP contribution in [0, 0.1) is 5.41 Å². The van der Waals surface area contributed by atoms with Crippen LogP contribution < -0.4 is 4.90 Å². The first kappa shape index (κ1) is 12.4. The highest BCUT2D eigenvalue weighted by Gasteiger charge is 2.27. The normalized spacial score (nSPS) is 19.0. The van der Waals surface area contributed by atoms with Crippen molar-refractivity contribution in [2.75, 3.05) is 18.0 Å². The van der Waals surface area contributed by atoms with E-state index in [0.29, 0.717) is 5.41 Å². The van der Waals surface area contributed by atoms with Gasteiger partial charge in [0.05, 0.1) is 0 Å². The lowest BCUT2D eigenvalue weighted by molar-refractivity contribution is 0.291.